The van der Waals surface area contributed by atoms with Crippen LogP contribution < -0.4 is 10.9 Å². The number of benzene rings is 2. The molecule has 0 aliphatic rings. The van der Waals surface area contributed by atoms with E-state index in [0.717, 1.165) is 16.7 Å². The number of aliphatic hydroxyl groups excluding tert-OH is 2. The molecule has 5 rings (SSSR count). The molecule has 3 aromatic heterocycles. The summed E-state index contributed by atoms with van der Waals surface area (Å²) in [6, 6.07) is 15.0. The maximum Gasteiger partial charge on any atom is 0.261 e. The van der Waals surface area contributed by atoms with Crippen molar-refractivity contribution < 1.29 is 15.3 Å². The summed E-state index contributed by atoms with van der Waals surface area (Å²) in [4.78, 5) is 30.7. The smallest absolute Gasteiger partial charge is 0.261 e. The van der Waals surface area contributed by atoms with E-state index in [2.05, 4.69) is 25.3 Å². The fourth-order valence-electron chi connectivity index (χ4n) is 4.27. The third kappa shape index (κ3) is 4.65. The van der Waals surface area contributed by atoms with Crippen molar-refractivity contribution >= 4 is 16.7 Å². The zero-order valence-electron chi connectivity index (χ0n) is 19.5. The van der Waals surface area contributed by atoms with Gasteiger partial charge in [-0.1, -0.05) is 30.3 Å². The summed E-state index contributed by atoms with van der Waals surface area (Å²) in [6.07, 6.45) is 1.86. The van der Waals surface area contributed by atoms with Gasteiger partial charge in [-0.3, -0.25) is 4.79 Å². The maximum atomic E-state index is 12.9. The number of imidazole rings is 2. The van der Waals surface area contributed by atoms with E-state index in [9.17, 15) is 20.1 Å². The molecule has 10 heteroatoms. The number of aromatic nitrogens is 5. The van der Waals surface area contributed by atoms with Gasteiger partial charge in [-0.2, -0.15) is 0 Å². The van der Waals surface area contributed by atoms with E-state index in [1.54, 1.807) is 12.3 Å². The van der Waals surface area contributed by atoms with Crippen LogP contribution in [-0.2, 0) is 6.42 Å². The number of pyridine rings is 1. The predicted molar refractivity (Wildman–Crippen MR) is 136 cm³/mol. The molecule has 0 fully saturated rings. The van der Waals surface area contributed by atoms with E-state index in [1.807, 2.05) is 49.4 Å². The number of aliphatic hydroxyl groups is 3. The first-order valence-electron chi connectivity index (χ1n) is 11.5. The fourth-order valence-corrected chi connectivity index (χ4v) is 4.27. The van der Waals surface area contributed by atoms with Crippen molar-refractivity contribution in [1.29, 1.82) is 0 Å². The van der Waals surface area contributed by atoms with Gasteiger partial charge in [-0.25, -0.2) is 9.97 Å². The molecule has 5 aromatic rings. The van der Waals surface area contributed by atoms with Crippen LogP contribution in [0.2, 0.25) is 0 Å². The van der Waals surface area contributed by atoms with Crippen LogP contribution in [0.1, 0.15) is 23.1 Å². The second-order valence-corrected chi connectivity index (χ2v) is 8.64. The van der Waals surface area contributed by atoms with Crippen molar-refractivity contribution in [1.82, 2.24) is 24.9 Å². The van der Waals surface area contributed by atoms with E-state index in [-0.39, 0.29) is 23.9 Å². The minimum absolute atomic E-state index is 0.114. The van der Waals surface area contributed by atoms with Gasteiger partial charge < -0.3 is 35.6 Å². The number of anilines is 1. The maximum absolute atomic E-state index is 12.9. The Morgan fingerprint density at radius 1 is 1.06 bits per heavy atom. The Hall–Kier alpha value is -4.25. The number of nitrogens with zero attached hydrogens (tertiary/aromatic N) is 2. The quantitative estimate of drug-likeness (QED) is 0.166. The van der Waals surface area contributed by atoms with Gasteiger partial charge in [-0.05, 0) is 42.7 Å². The van der Waals surface area contributed by atoms with Crippen molar-refractivity contribution in [3.05, 3.63) is 88.1 Å². The van der Waals surface area contributed by atoms with Crippen molar-refractivity contribution in [2.45, 2.75) is 25.7 Å². The molecule has 0 aliphatic carbocycles. The molecule has 7 N–H and O–H groups in total. The lowest BCUT2D eigenvalue weighted by atomic mass is 10.1. The summed E-state index contributed by atoms with van der Waals surface area (Å²) < 4.78 is 0. The zero-order chi connectivity index (χ0) is 25.2. The molecule has 0 radical (unpaired) electrons. The van der Waals surface area contributed by atoms with Crippen molar-refractivity contribution in [2.75, 3.05) is 11.9 Å². The lowest BCUT2D eigenvalue weighted by Gasteiger charge is -2.19. The minimum Gasteiger partial charge on any atom is -0.394 e. The standard InChI is InChI=1S/C26H26N6O4/c1-14-9-16(23-28-12-20(31-23)26(35)36)11-19-22(14)32-24(30-19)21-18(7-8-27-25(21)34)29-17(13-33)10-15-5-3-2-4-6-15/h2-9,11-12,17,26,33,35-36H,10,13H2,1H3,(H,28,31)(H,30,32)(H2,27,29,34)/t17-/m0/s1. The number of H-pyrrole nitrogens is 3. The van der Waals surface area contributed by atoms with Crippen LogP contribution in [-0.4, -0.2) is 52.9 Å². The SMILES string of the molecule is Cc1cc(-c2ncc(C(O)O)[nH]2)cc2[nH]c(-c3c(N[C@H](CO)Cc4ccccc4)cc[nH]c3=O)nc12. The van der Waals surface area contributed by atoms with Gasteiger partial charge in [0.15, 0.2) is 6.29 Å². The van der Waals surface area contributed by atoms with E-state index in [1.165, 1.54) is 6.20 Å². The molecule has 3 heterocycles. The fraction of sp³-hybridized carbons (Fsp3) is 0.192. The minimum atomic E-state index is -1.64. The molecular formula is C26H26N6O4. The molecule has 0 bridgehead atoms. The monoisotopic (exact) mass is 486 g/mol. The lowest BCUT2D eigenvalue weighted by molar-refractivity contribution is -0.0455. The number of fused-ring (bicyclic) bond motifs is 1. The normalized spacial score (nSPS) is 12.4. The molecule has 0 amide bonds. The molecule has 0 unspecified atom stereocenters. The van der Waals surface area contributed by atoms with E-state index in [4.69, 9.17) is 4.98 Å². The predicted octanol–water partition coefficient (Wildman–Crippen LogP) is 2.62. The Kier molecular flexibility index (Phi) is 6.38. The van der Waals surface area contributed by atoms with Crippen LogP contribution in [0.25, 0.3) is 33.8 Å². The van der Waals surface area contributed by atoms with Gasteiger partial charge in [0, 0.05) is 11.8 Å². The highest BCUT2D eigenvalue weighted by molar-refractivity contribution is 5.88. The number of hydrogen-bond acceptors (Lipinski definition) is 7. The van der Waals surface area contributed by atoms with E-state index < -0.39 is 6.29 Å². The summed E-state index contributed by atoms with van der Waals surface area (Å²) in [5.41, 5.74) is 4.80. The highest BCUT2D eigenvalue weighted by atomic mass is 16.5. The van der Waals surface area contributed by atoms with Gasteiger partial charge in [0.25, 0.3) is 5.56 Å². The third-order valence-electron chi connectivity index (χ3n) is 6.03. The highest BCUT2D eigenvalue weighted by Gasteiger charge is 2.19. The molecule has 184 valence electrons. The Morgan fingerprint density at radius 3 is 2.58 bits per heavy atom. The second kappa shape index (κ2) is 9.78. The third-order valence-corrected chi connectivity index (χ3v) is 6.03. The average molecular weight is 487 g/mol. The summed E-state index contributed by atoms with van der Waals surface area (Å²) in [5, 5.41) is 32.0. The molecule has 0 saturated carbocycles. The molecule has 0 spiro atoms. The van der Waals surface area contributed by atoms with Crippen LogP contribution in [0.15, 0.2) is 65.7 Å². The van der Waals surface area contributed by atoms with Crippen LogP contribution >= 0.6 is 0 Å². The second-order valence-electron chi connectivity index (χ2n) is 8.64. The Labute approximate surface area is 205 Å². The first-order valence-corrected chi connectivity index (χ1v) is 11.5. The number of aryl methyl sites for hydroxylation is 1. The van der Waals surface area contributed by atoms with Gasteiger partial charge in [0.05, 0.1) is 41.3 Å². The highest BCUT2D eigenvalue weighted by Crippen LogP contribution is 2.29. The summed E-state index contributed by atoms with van der Waals surface area (Å²) >= 11 is 0. The van der Waals surface area contributed by atoms with Gasteiger partial charge >= 0.3 is 0 Å². The Balaban J connectivity index is 1.51. The average Bonchev–Trinajstić information content (AvgIpc) is 3.52. The van der Waals surface area contributed by atoms with Gasteiger partial charge in [-0.15, -0.1) is 0 Å². The number of nitrogens with one attached hydrogen (secondary N) is 4. The van der Waals surface area contributed by atoms with Crippen LogP contribution in [0.4, 0.5) is 5.69 Å². The van der Waals surface area contributed by atoms with Crippen LogP contribution in [0, 0.1) is 6.92 Å². The van der Waals surface area contributed by atoms with E-state index in [0.29, 0.717) is 40.4 Å². The Morgan fingerprint density at radius 2 is 1.86 bits per heavy atom. The largest absolute Gasteiger partial charge is 0.394 e. The van der Waals surface area contributed by atoms with Crippen LogP contribution in [0.5, 0.6) is 0 Å². The molecule has 2 aromatic carbocycles. The molecule has 10 nitrogen and oxygen atoms in total. The number of rotatable bonds is 8. The van der Waals surface area contributed by atoms with Crippen molar-refractivity contribution in [2.24, 2.45) is 0 Å². The number of aromatic amines is 3. The topological polar surface area (TPSA) is 163 Å². The van der Waals surface area contributed by atoms with Crippen LogP contribution in [0.3, 0.4) is 0 Å². The molecule has 1 atom stereocenters. The lowest BCUT2D eigenvalue weighted by Crippen LogP contribution is -2.28. The van der Waals surface area contributed by atoms with Gasteiger partial charge in [0.2, 0.25) is 0 Å². The molecule has 0 saturated heterocycles. The summed E-state index contributed by atoms with van der Waals surface area (Å²) in [7, 11) is 0. The Bertz CT molecular complexity index is 1550. The van der Waals surface area contributed by atoms with Crippen molar-refractivity contribution in [3.8, 4) is 22.8 Å². The zero-order valence-corrected chi connectivity index (χ0v) is 19.5. The number of hydrogen-bond donors (Lipinski definition) is 7. The van der Waals surface area contributed by atoms with Gasteiger partial charge in [0.1, 0.15) is 17.2 Å². The van der Waals surface area contributed by atoms with Crippen molar-refractivity contribution in [3.63, 3.8) is 0 Å². The first kappa shape index (κ1) is 23.5. The molecule has 36 heavy (non-hydrogen) atoms. The first-order chi connectivity index (χ1) is 17.4. The molecular weight excluding hydrogens is 460 g/mol. The van der Waals surface area contributed by atoms with E-state index >= 15 is 0 Å². The summed E-state index contributed by atoms with van der Waals surface area (Å²) in [5.74, 6) is 0.864. The summed E-state index contributed by atoms with van der Waals surface area (Å²) in [6.45, 7) is 1.79. The molecule has 0 aliphatic heterocycles.